The summed E-state index contributed by atoms with van der Waals surface area (Å²) in [4.78, 5) is 10.7. The molecule has 0 aliphatic carbocycles. The lowest BCUT2D eigenvalue weighted by Gasteiger charge is -2.20. The summed E-state index contributed by atoms with van der Waals surface area (Å²) in [5.41, 5.74) is 3.66. The van der Waals surface area contributed by atoms with Gasteiger partial charge in [0, 0.05) is 12.2 Å². The topological polar surface area (TPSA) is 49.3 Å². The Morgan fingerprint density at radius 3 is 3.12 bits per heavy atom. The first kappa shape index (κ1) is 11.0. The molecule has 0 saturated carbocycles. The van der Waals surface area contributed by atoms with Crippen molar-refractivity contribution in [3.05, 3.63) is 29.3 Å². The van der Waals surface area contributed by atoms with Gasteiger partial charge in [-0.2, -0.15) is 0 Å². The largest absolute Gasteiger partial charge is 0.481 e. The highest BCUT2D eigenvalue weighted by Gasteiger charge is 2.13. The Morgan fingerprint density at radius 1 is 1.56 bits per heavy atom. The van der Waals surface area contributed by atoms with E-state index in [4.69, 9.17) is 5.11 Å². The van der Waals surface area contributed by atoms with Crippen molar-refractivity contribution in [2.75, 3.05) is 11.9 Å². The van der Waals surface area contributed by atoms with Crippen molar-refractivity contribution in [2.45, 2.75) is 32.1 Å². The van der Waals surface area contributed by atoms with Crippen molar-refractivity contribution in [3.8, 4) is 0 Å². The summed E-state index contributed by atoms with van der Waals surface area (Å²) in [6, 6.07) is 6.25. The number of carboxylic acid groups (broad SMARTS) is 1. The molecule has 1 aliphatic heterocycles. The fraction of sp³-hybridized carbons (Fsp3) is 0.462. The first-order valence-electron chi connectivity index (χ1n) is 5.75. The van der Waals surface area contributed by atoms with Crippen molar-refractivity contribution < 1.29 is 9.90 Å². The lowest BCUT2D eigenvalue weighted by molar-refractivity contribution is -0.137. The van der Waals surface area contributed by atoms with Crippen molar-refractivity contribution in [1.82, 2.24) is 0 Å². The van der Waals surface area contributed by atoms with Crippen LogP contribution in [0.25, 0.3) is 0 Å². The van der Waals surface area contributed by atoms with Gasteiger partial charge in [0.25, 0.3) is 0 Å². The average molecular weight is 219 g/mol. The Morgan fingerprint density at radius 2 is 2.38 bits per heavy atom. The number of nitrogens with one attached hydrogen (secondary N) is 1. The van der Waals surface area contributed by atoms with E-state index in [2.05, 4.69) is 17.4 Å². The van der Waals surface area contributed by atoms with Crippen LogP contribution in [-0.2, 0) is 11.2 Å². The number of benzene rings is 1. The molecule has 0 aromatic heterocycles. The van der Waals surface area contributed by atoms with Crippen LogP contribution in [0.15, 0.2) is 18.2 Å². The van der Waals surface area contributed by atoms with Gasteiger partial charge >= 0.3 is 5.97 Å². The summed E-state index contributed by atoms with van der Waals surface area (Å²) in [6.07, 6.45) is 2.45. The molecule has 2 rings (SSSR count). The third-order valence-corrected chi connectivity index (χ3v) is 3.12. The Bertz CT molecular complexity index is 401. The summed E-state index contributed by atoms with van der Waals surface area (Å²) in [5, 5.41) is 12.1. The molecule has 1 atom stereocenters. The van der Waals surface area contributed by atoms with Gasteiger partial charge in [-0.1, -0.05) is 19.1 Å². The van der Waals surface area contributed by atoms with E-state index in [1.54, 1.807) is 0 Å². The van der Waals surface area contributed by atoms with E-state index in [1.807, 2.05) is 13.0 Å². The number of carbonyl (C=O) groups is 1. The zero-order valence-corrected chi connectivity index (χ0v) is 9.49. The fourth-order valence-corrected chi connectivity index (χ4v) is 2.18. The minimum absolute atomic E-state index is 0.0877. The van der Waals surface area contributed by atoms with Crippen LogP contribution in [0.4, 0.5) is 5.69 Å². The zero-order chi connectivity index (χ0) is 11.5. The maximum absolute atomic E-state index is 10.7. The van der Waals surface area contributed by atoms with Gasteiger partial charge in [-0.25, -0.2) is 0 Å². The number of anilines is 1. The molecule has 0 spiro atoms. The highest BCUT2D eigenvalue weighted by atomic mass is 16.4. The normalized spacial score (nSPS) is 16.1. The van der Waals surface area contributed by atoms with Gasteiger partial charge < -0.3 is 10.4 Å². The summed E-state index contributed by atoms with van der Waals surface area (Å²) in [6.45, 7) is 3.00. The first-order valence-corrected chi connectivity index (χ1v) is 5.75. The Balaban J connectivity index is 2.19. The Labute approximate surface area is 95.5 Å². The van der Waals surface area contributed by atoms with E-state index < -0.39 is 5.97 Å². The molecular formula is C13H17NO2. The number of fused-ring (bicyclic) bond motifs is 1. The second kappa shape index (κ2) is 4.56. The van der Waals surface area contributed by atoms with Crippen LogP contribution in [-0.4, -0.2) is 17.6 Å². The molecule has 16 heavy (non-hydrogen) atoms. The quantitative estimate of drug-likeness (QED) is 0.821. The number of hydrogen-bond acceptors (Lipinski definition) is 2. The van der Waals surface area contributed by atoms with E-state index in [0.717, 1.165) is 24.9 Å². The average Bonchev–Trinajstić information content (AvgIpc) is 2.27. The van der Waals surface area contributed by atoms with Gasteiger partial charge in [-0.3, -0.25) is 4.79 Å². The third kappa shape index (κ3) is 2.35. The minimum Gasteiger partial charge on any atom is -0.481 e. The molecule has 2 N–H and O–H groups in total. The van der Waals surface area contributed by atoms with Gasteiger partial charge in [-0.15, -0.1) is 0 Å². The molecule has 0 amide bonds. The number of hydrogen-bond donors (Lipinski definition) is 2. The van der Waals surface area contributed by atoms with Gasteiger partial charge in [-0.05, 0) is 36.0 Å². The molecule has 86 valence electrons. The molecule has 0 fully saturated rings. The molecule has 3 nitrogen and oxygen atoms in total. The minimum atomic E-state index is -0.733. The summed E-state index contributed by atoms with van der Waals surface area (Å²) in [5.74, 6) is -0.645. The highest BCUT2D eigenvalue weighted by molar-refractivity contribution is 5.68. The fourth-order valence-electron chi connectivity index (χ4n) is 2.18. The predicted molar refractivity (Wildman–Crippen MR) is 63.9 cm³/mol. The van der Waals surface area contributed by atoms with Gasteiger partial charge in [0.05, 0.1) is 6.42 Å². The van der Waals surface area contributed by atoms with Crippen LogP contribution in [0.5, 0.6) is 0 Å². The molecule has 0 saturated heterocycles. The van der Waals surface area contributed by atoms with Crippen molar-refractivity contribution in [2.24, 2.45) is 0 Å². The molecule has 1 aromatic carbocycles. The number of aryl methyl sites for hydroxylation is 1. The molecule has 1 aromatic rings. The summed E-state index contributed by atoms with van der Waals surface area (Å²) < 4.78 is 0. The third-order valence-electron chi connectivity index (χ3n) is 3.12. The van der Waals surface area contributed by atoms with Gasteiger partial charge in [0.15, 0.2) is 0 Å². The van der Waals surface area contributed by atoms with E-state index in [1.165, 1.54) is 11.3 Å². The molecule has 3 heteroatoms. The van der Waals surface area contributed by atoms with Crippen LogP contribution in [0, 0.1) is 0 Å². The summed E-state index contributed by atoms with van der Waals surface area (Å²) in [7, 11) is 0. The van der Waals surface area contributed by atoms with Crippen LogP contribution in [0.3, 0.4) is 0 Å². The number of aliphatic carboxylic acids is 1. The molecular weight excluding hydrogens is 202 g/mol. The van der Waals surface area contributed by atoms with Crippen molar-refractivity contribution in [1.29, 1.82) is 0 Å². The monoisotopic (exact) mass is 219 g/mol. The zero-order valence-electron chi connectivity index (χ0n) is 9.49. The molecule has 0 unspecified atom stereocenters. The maximum Gasteiger partial charge on any atom is 0.303 e. The number of carboxylic acids is 1. The number of rotatable bonds is 3. The second-order valence-corrected chi connectivity index (χ2v) is 4.45. The van der Waals surface area contributed by atoms with Gasteiger partial charge in [0.1, 0.15) is 0 Å². The van der Waals surface area contributed by atoms with Crippen LogP contribution in [0.2, 0.25) is 0 Å². The van der Waals surface area contributed by atoms with E-state index in [-0.39, 0.29) is 12.3 Å². The molecule has 0 bridgehead atoms. The Kier molecular flexibility index (Phi) is 3.13. The maximum atomic E-state index is 10.7. The first-order chi connectivity index (χ1) is 7.66. The lowest BCUT2D eigenvalue weighted by atomic mass is 9.93. The smallest absolute Gasteiger partial charge is 0.303 e. The summed E-state index contributed by atoms with van der Waals surface area (Å²) >= 11 is 0. The lowest BCUT2D eigenvalue weighted by Crippen LogP contribution is -2.12. The van der Waals surface area contributed by atoms with Crippen LogP contribution < -0.4 is 5.32 Å². The molecule has 0 radical (unpaired) electrons. The van der Waals surface area contributed by atoms with E-state index >= 15 is 0 Å². The molecule has 1 heterocycles. The standard InChI is InChI=1S/C13H17NO2/c1-9(7-13(15)16)10-4-5-12-11(8-10)3-2-6-14-12/h4-5,8-9,14H,2-3,6-7H2,1H3,(H,15,16)/t9-/m0/s1. The van der Waals surface area contributed by atoms with E-state index in [9.17, 15) is 4.79 Å². The van der Waals surface area contributed by atoms with Gasteiger partial charge in [0.2, 0.25) is 0 Å². The van der Waals surface area contributed by atoms with Crippen LogP contribution >= 0.6 is 0 Å². The van der Waals surface area contributed by atoms with E-state index in [0.29, 0.717) is 0 Å². The highest BCUT2D eigenvalue weighted by Crippen LogP contribution is 2.27. The SMILES string of the molecule is C[C@@H](CC(=O)O)c1ccc2c(c1)CCCN2. The second-order valence-electron chi connectivity index (χ2n) is 4.45. The molecule has 1 aliphatic rings. The van der Waals surface area contributed by atoms with Crippen molar-refractivity contribution >= 4 is 11.7 Å². The predicted octanol–water partition coefficient (Wildman–Crippen LogP) is 2.62. The Hall–Kier alpha value is -1.51. The van der Waals surface area contributed by atoms with Crippen LogP contribution in [0.1, 0.15) is 36.8 Å². The van der Waals surface area contributed by atoms with Crippen molar-refractivity contribution in [3.63, 3.8) is 0 Å².